The molecular formula is C27H36N4O4S2. The Morgan fingerprint density at radius 1 is 1.05 bits per heavy atom. The van der Waals surface area contributed by atoms with Crippen molar-refractivity contribution < 1.29 is 18.0 Å². The molecule has 3 saturated heterocycles. The topological polar surface area (TPSA) is 90.0 Å². The van der Waals surface area contributed by atoms with Crippen LogP contribution < -0.4 is 4.72 Å². The van der Waals surface area contributed by atoms with E-state index < -0.39 is 16.1 Å². The molecule has 200 valence electrons. The van der Waals surface area contributed by atoms with Gasteiger partial charge in [0.05, 0.1) is 6.54 Å². The Kier molecular flexibility index (Phi) is 7.99. The fourth-order valence-electron chi connectivity index (χ4n) is 5.82. The first-order valence-corrected chi connectivity index (χ1v) is 15.7. The van der Waals surface area contributed by atoms with E-state index >= 15 is 0 Å². The van der Waals surface area contributed by atoms with Gasteiger partial charge in [0.15, 0.2) is 0 Å². The minimum Gasteiger partial charge on any atom is -0.337 e. The number of rotatable bonds is 8. The standard InChI is InChI=1S/C27H36N4O4S2/c1-20-8-2-3-10-23(20)21-16-26(36-19-21)37(34,35)28-24-11-7-14-30(27(24)33)18-25(32)31-15-6-9-22(31)17-29-12-4-5-13-29/h2-3,8,10,16,19,22,24,28H,4-7,9,11-15,17-18H2,1H3/t22-,24-/m0/s1. The number of piperidine rings is 1. The normalized spacial score (nSPS) is 23.2. The van der Waals surface area contributed by atoms with E-state index in [1.165, 1.54) is 17.7 Å². The minimum absolute atomic E-state index is 0.0179. The summed E-state index contributed by atoms with van der Waals surface area (Å²) in [4.78, 5) is 32.4. The molecule has 2 atom stereocenters. The first kappa shape index (κ1) is 26.3. The monoisotopic (exact) mass is 544 g/mol. The molecule has 0 bridgehead atoms. The van der Waals surface area contributed by atoms with Gasteiger partial charge in [0.1, 0.15) is 10.3 Å². The molecule has 0 radical (unpaired) electrons. The molecule has 3 fully saturated rings. The van der Waals surface area contributed by atoms with Crippen LogP contribution in [-0.2, 0) is 19.6 Å². The number of aryl methyl sites for hydroxylation is 1. The highest BCUT2D eigenvalue weighted by Crippen LogP contribution is 2.31. The molecule has 0 saturated carbocycles. The summed E-state index contributed by atoms with van der Waals surface area (Å²) < 4.78 is 29.2. The zero-order chi connectivity index (χ0) is 26.0. The Morgan fingerprint density at radius 2 is 1.81 bits per heavy atom. The van der Waals surface area contributed by atoms with Crippen molar-refractivity contribution in [1.82, 2.24) is 19.4 Å². The molecule has 8 nitrogen and oxygen atoms in total. The van der Waals surface area contributed by atoms with Crippen LogP contribution in [0.1, 0.15) is 44.1 Å². The van der Waals surface area contributed by atoms with Crippen molar-refractivity contribution in [3.05, 3.63) is 41.3 Å². The molecule has 0 spiro atoms. The van der Waals surface area contributed by atoms with Gasteiger partial charge in [-0.1, -0.05) is 24.3 Å². The average molecular weight is 545 g/mol. The molecule has 4 heterocycles. The molecular weight excluding hydrogens is 508 g/mol. The van der Waals surface area contributed by atoms with E-state index in [1.807, 2.05) is 41.5 Å². The minimum atomic E-state index is -3.86. The third kappa shape index (κ3) is 5.92. The molecule has 2 amide bonds. The Balaban J connectivity index is 1.21. The summed E-state index contributed by atoms with van der Waals surface area (Å²) in [6.07, 6.45) is 5.52. The summed E-state index contributed by atoms with van der Waals surface area (Å²) >= 11 is 1.15. The number of carbonyl (C=O) groups excluding carboxylic acids is 2. The number of hydrogen-bond donors (Lipinski definition) is 1. The van der Waals surface area contributed by atoms with Crippen molar-refractivity contribution in [1.29, 1.82) is 0 Å². The number of thiophene rings is 1. The van der Waals surface area contributed by atoms with Crippen LogP contribution in [0.3, 0.4) is 0 Å². The van der Waals surface area contributed by atoms with Crippen molar-refractivity contribution in [2.24, 2.45) is 0 Å². The van der Waals surface area contributed by atoms with Crippen LogP contribution in [0.2, 0.25) is 0 Å². The van der Waals surface area contributed by atoms with Gasteiger partial charge >= 0.3 is 0 Å². The van der Waals surface area contributed by atoms with Gasteiger partial charge in [-0.25, -0.2) is 8.42 Å². The summed E-state index contributed by atoms with van der Waals surface area (Å²) in [6.45, 7) is 6.33. The first-order valence-electron chi connectivity index (χ1n) is 13.3. The van der Waals surface area contributed by atoms with Crippen LogP contribution in [-0.4, -0.2) is 86.3 Å². The lowest BCUT2D eigenvalue weighted by Gasteiger charge is -2.34. The highest BCUT2D eigenvalue weighted by atomic mass is 32.2. The summed E-state index contributed by atoms with van der Waals surface area (Å²) in [6, 6.07) is 8.87. The van der Waals surface area contributed by atoms with E-state index in [0.29, 0.717) is 19.4 Å². The van der Waals surface area contributed by atoms with Crippen LogP contribution in [0.5, 0.6) is 0 Å². The zero-order valence-corrected chi connectivity index (χ0v) is 23.0. The molecule has 0 aliphatic carbocycles. The third-order valence-corrected chi connectivity index (χ3v) is 10.7. The number of benzene rings is 1. The lowest BCUT2D eigenvalue weighted by molar-refractivity contribution is -0.143. The smallest absolute Gasteiger partial charge is 0.250 e. The Hall–Kier alpha value is -2.27. The van der Waals surface area contributed by atoms with Gasteiger partial charge in [-0.3, -0.25) is 9.59 Å². The number of carbonyl (C=O) groups is 2. The van der Waals surface area contributed by atoms with Gasteiger partial charge in [-0.2, -0.15) is 4.72 Å². The van der Waals surface area contributed by atoms with Crippen LogP contribution in [0, 0.1) is 6.92 Å². The van der Waals surface area contributed by atoms with Crippen molar-refractivity contribution >= 4 is 33.2 Å². The Bertz CT molecular complexity index is 1240. The lowest BCUT2D eigenvalue weighted by Crippen LogP contribution is -2.55. The van der Waals surface area contributed by atoms with E-state index in [-0.39, 0.29) is 28.6 Å². The average Bonchev–Trinajstić information content (AvgIpc) is 3.64. The highest BCUT2D eigenvalue weighted by Gasteiger charge is 2.36. The van der Waals surface area contributed by atoms with Gasteiger partial charge < -0.3 is 14.7 Å². The van der Waals surface area contributed by atoms with Gasteiger partial charge in [0.2, 0.25) is 11.8 Å². The molecule has 1 aromatic heterocycles. The van der Waals surface area contributed by atoms with Gasteiger partial charge in [-0.15, -0.1) is 11.3 Å². The maximum absolute atomic E-state index is 13.2. The molecule has 37 heavy (non-hydrogen) atoms. The SMILES string of the molecule is Cc1ccccc1-c1csc(S(=O)(=O)N[C@H]2CCCN(CC(=O)N3CCC[C@H]3CN3CCCC3)C2=O)c1. The van der Waals surface area contributed by atoms with Crippen LogP contribution in [0.15, 0.2) is 39.9 Å². The lowest BCUT2D eigenvalue weighted by atomic mass is 10.0. The van der Waals surface area contributed by atoms with Gasteiger partial charge in [-0.05, 0) is 86.7 Å². The van der Waals surface area contributed by atoms with Gasteiger partial charge in [0, 0.05) is 25.7 Å². The second-order valence-corrected chi connectivity index (χ2v) is 13.3. The second kappa shape index (κ2) is 11.2. The maximum Gasteiger partial charge on any atom is 0.250 e. The van der Waals surface area contributed by atoms with E-state index in [2.05, 4.69) is 9.62 Å². The first-order chi connectivity index (χ1) is 17.8. The Labute approximate surface area is 223 Å². The molecule has 10 heteroatoms. The summed E-state index contributed by atoms with van der Waals surface area (Å²) in [5, 5.41) is 1.83. The Morgan fingerprint density at radius 3 is 2.59 bits per heavy atom. The summed E-state index contributed by atoms with van der Waals surface area (Å²) in [5.41, 5.74) is 2.91. The summed E-state index contributed by atoms with van der Waals surface area (Å²) in [7, 11) is -3.86. The predicted molar refractivity (Wildman–Crippen MR) is 145 cm³/mol. The van der Waals surface area contributed by atoms with Gasteiger partial charge in [0.25, 0.3) is 10.0 Å². The quantitative estimate of drug-likeness (QED) is 0.552. The zero-order valence-electron chi connectivity index (χ0n) is 21.4. The summed E-state index contributed by atoms with van der Waals surface area (Å²) in [5.74, 6) is -0.339. The second-order valence-electron chi connectivity index (χ2n) is 10.4. The van der Waals surface area contributed by atoms with Crippen LogP contribution in [0.25, 0.3) is 11.1 Å². The van der Waals surface area contributed by atoms with Crippen LogP contribution in [0.4, 0.5) is 0 Å². The maximum atomic E-state index is 13.2. The number of hydrogen-bond acceptors (Lipinski definition) is 6. The van der Waals surface area contributed by atoms with E-state index in [1.54, 1.807) is 6.07 Å². The van der Waals surface area contributed by atoms with Crippen molar-refractivity contribution in [2.45, 2.75) is 61.7 Å². The van der Waals surface area contributed by atoms with Crippen molar-refractivity contribution in [3.8, 4) is 11.1 Å². The molecule has 5 rings (SSSR count). The van der Waals surface area contributed by atoms with E-state index in [4.69, 9.17) is 0 Å². The fraction of sp³-hybridized carbons (Fsp3) is 0.556. The van der Waals surface area contributed by atoms with E-state index in [9.17, 15) is 18.0 Å². The molecule has 0 unspecified atom stereocenters. The van der Waals surface area contributed by atoms with Crippen molar-refractivity contribution in [3.63, 3.8) is 0 Å². The number of nitrogens with one attached hydrogen (secondary N) is 1. The molecule has 1 aromatic carbocycles. The number of sulfonamides is 1. The number of amides is 2. The number of nitrogens with zero attached hydrogens (tertiary/aromatic N) is 3. The molecule has 3 aliphatic heterocycles. The van der Waals surface area contributed by atoms with Crippen molar-refractivity contribution in [2.75, 3.05) is 39.3 Å². The third-order valence-electron chi connectivity index (χ3n) is 7.82. The fourth-order valence-corrected chi connectivity index (χ4v) is 8.24. The van der Waals surface area contributed by atoms with E-state index in [0.717, 1.165) is 67.0 Å². The predicted octanol–water partition coefficient (Wildman–Crippen LogP) is 3.08. The molecule has 3 aliphatic rings. The largest absolute Gasteiger partial charge is 0.337 e. The molecule has 2 aromatic rings. The molecule has 1 N–H and O–H groups in total. The highest BCUT2D eigenvalue weighted by molar-refractivity contribution is 7.91. The number of likely N-dealkylation sites (tertiary alicyclic amines) is 3. The van der Waals surface area contributed by atoms with Crippen LogP contribution >= 0.6 is 11.3 Å².